The van der Waals surface area contributed by atoms with Gasteiger partial charge in [-0.05, 0) is 52.2 Å². The van der Waals surface area contributed by atoms with Crippen molar-refractivity contribution in [3.05, 3.63) is 65.6 Å². The maximum Gasteiger partial charge on any atom is 0.433 e. The molecular weight excluding hydrogens is 350 g/mol. The molecule has 28 heavy (non-hydrogen) atoms. The Morgan fingerprint density at radius 3 is 2.29 bits per heavy atom. The Morgan fingerprint density at radius 2 is 1.57 bits per heavy atom. The summed E-state index contributed by atoms with van der Waals surface area (Å²) in [4.78, 5) is 5.39. The molecule has 0 aliphatic carbocycles. The molecule has 0 atom stereocenters. The summed E-state index contributed by atoms with van der Waals surface area (Å²) in [6.45, 7) is 0. The number of ether oxygens (including phenoxy) is 1. The lowest BCUT2D eigenvalue weighted by molar-refractivity contribution is 0.415. The van der Waals surface area contributed by atoms with E-state index in [4.69, 9.17) is 4.74 Å². The molecule has 0 aliphatic heterocycles. The molecule has 0 saturated heterocycles. The number of hydrogen-bond donors (Lipinski definition) is 1. The van der Waals surface area contributed by atoms with Crippen molar-refractivity contribution in [3.63, 3.8) is 0 Å². The van der Waals surface area contributed by atoms with Crippen LogP contribution in [0.4, 0.5) is 11.4 Å². The summed E-state index contributed by atoms with van der Waals surface area (Å²) in [5.41, 5.74) is 3.25. The Balaban J connectivity index is 2.13. The largest absolute Gasteiger partial charge is 0.501 e. The number of fused-ring (bicyclic) bond motifs is 2. The summed E-state index contributed by atoms with van der Waals surface area (Å²) in [6, 6.07) is 19.6. The molecule has 0 bridgehead atoms. The van der Waals surface area contributed by atoms with Crippen LogP contribution in [-0.4, -0.2) is 26.3 Å². The van der Waals surface area contributed by atoms with E-state index in [2.05, 4.69) is 34.1 Å². The minimum atomic E-state index is -0.0815. The second-order valence-corrected chi connectivity index (χ2v) is 6.88. The molecule has 0 spiro atoms. The first kappa shape index (κ1) is 17.6. The molecule has 0 saturated carbocycles. The van der Waals surface area contributed by atoms with Gasteiger partial charge in [0.25, 0.3) is 0 Å². The summed E-state index contributed by atoms with van der Waals surface area (Å²) in [5.74, 6) is 0.542. The van der Waals surface area contributed by atoms with Crippen molar-refractivity contribution in [2.45, 2.75) is 0 Å². The van der Waals surface area contributed by atoms with Crippen LogP contribution in [0.25, 0.3) is 37.6 Å². The molecular formula is C23H20N3O2+. The van der Waals surface area contributed by atoms with Gasteiger partial charge in [0.05, 0.1) is 12.5 Å². The van der Waals surface area contributed by atoms with Crippen molar-refractivity contribution in [1.29, 1.82) is 5.39 Å². The van der Waals surface area contributed by atoms with Gasteiger partial charge in [0.1, 0.15) is 5.75 Å². The maximum atomic E-state index is 10.1. The van der Waals surface area contributed by atoms with E-state index in [1.165, 1.54) is 0 Å². The van der Waals surface area contributed by atoms with E-state index in [0.717, 1.165) is 33.0 Å². The molecule has 0 fully saturated rings. The number of hydrogen-bond acceptors (Lipinski definition) is 4. The average Bonchev–Trinajstić information content (AvgIpc) is 2.71. The first-order chi connectivity index (χ1) is 13.5. The number of diazo groups is 1. The molecule has 1 N–H and O–H groups in total. The number of phenols is 1. The van der Waals surface area contributed by atoms with Gasteiger partial charge in [-0.2, -0.15) is 0 Å². The van der Waals surface area contributed by atoms with E-state index in [-0.39, 0.29) is 11.4 Å². The van der Waals surface area contributed by atoms with E-state index in [0.29, 0.717) is 11.1 Å². The van der Waals surface area contributed by atoms with Crippen LogP contribution >= 0.6 is 0 Å². The lowest BCUT2D eigenvalue weighted by Crippen LogP contribution is -2.08. The number of rotatable bonds is 3. The number of phenolic OH excluding ortho intramolecular Hbond substituents is 1. The second kappa shape index (κ2) is 6.75. The number of benzene rings is 4. The molecule has 4 rings (SSSR count). The quantitative estimate of drug-likeness (QED) is 0.454. The van der Waals surface area contributed by atoms with Gasteiger partial charge in [0.2, 0.25) is 11.1 Å². The highest BCUT2D eigenvalue weighted by Crippen LogP contribution is 2.43. The number of methoxy groups -OCH3 is 1. The monoisotopic (exact) mass is 370 g/mol. The molecule has 0 unspecified atom stereocenters. The molecule has 5 heteroatoms. The van der Waals surface area contributed by atoms with Gasteiger partial charge in [0, 0.05) is 25.2 Å². The Hall–Kier alpha value is -3.78. The first-order valence-electron chi connectivity index (χ1n) is 8.93. The molecule has 4 aromatic carbocycles. The maximum absolute atomic E-state index is 10.1. The summed E-state index contributed by atoms with van der Waals surface area (Å²) < 4.78 is 5.48. The molecule has 0 heterocycles. The van der Waals surface area contributed by atoms with Gasteiger partial charge < -0.3 is 14.7 Å². The van der Waals surface area contributed by atoms with Crippen LogP contribution in [0.15, 0.2) is 60.7 Å². The van der Waals surface area contributed by atoms with Crippen LogP contribution in [0.1, 0.15) is 0 Å². The highest BCUT2D eigenvalue weighted by Gasteiger charge is 2.22. The molecule has 0 radical (unpaired) electrons. The van der Waals surface area contributed by atoms with Gasteiger partial charge in [-0.25, -0.2) is 0 Å². The lowest BCUT2D eigenvalue weighted by Gasteiger charge is -2.18. The zero-order valence-electron chi connectivity index (χ0n) is 16.0. The van der Waals surface area contributed by atoms with Crippen molar-refractivity contribution < 1.29 is 9.84 Å². The zero-order valence-corrected chi connectivity index (χ0v) is 16.0. The van der Waals surface area contributed by atoms with Gasteiger partial charge in [0.15, 0.2) is 4.98 Å². The topological polar surface area (TPSA) is 60.9 Å². The van der Waals surface area contributed by atoms with Gasteiger partial charge in [-0.3, -0.25) is 0 Å². The van der Waals surface area contributed by atoms with E-state index in [1.807, 2.05) is 38.4 Å². The summed E-state index contributed by atoms with van der Waals surface area (Å²) in [6.07, 6.45) is 0. The fourth-order valence-electron chi connectivity index (χ4n) is 3.75. The fourth-order valence-corrected chi connectivity index (χ4v) is 3.75. The lowest BCUT2D eigenvalue weighted by atomic mass is 9.92. The minimum absolute atomic E-state index is 0.0815. The second-order valence-electron chi connectivity index (χ2n) is 6.88. The van der Waals surface area contributed by atoms with Crippen molar-refractivity contribution in [1.82, 2.24) is 0 Å². The van der Waals surface area contributed by atoms with E-state index in [9.17, 15) is 10.5 Å². The molecule has 0 aromatic heterocycles. The van der Waals surface area contributed by atoms with Crippen LogP contribution in [-0.2, 0) is 0 Å². The Labute approximate surface area is 163 Å². The van der Waals surface area contributed by atoms with Crippen LogP contribution < -0.4 is 9.64 Å². The summed E-state index contributed by atoms with van der Waals surface area (Å²) in [5, 5.41) is 23.3. The average molecular weight is 370 g/mol. The van der Waals surface area contributed by atoms with Crippen molar-refractivity contribution in [2.24, 2.45) is 0 Å². The van der Waals surface area contributed by atoms with Crippen molar-refractivity contribution >= 4 is 32.9 Å². The van der Waals surface area contributed by atoms with Crippen molar-refractivity contribution in [3.8, 4) is 22.6 Å². The van der Waals surface area contributed by atoms with E-state index < -0.39 is 0 Å². The Kier molecular flexibility index (Phi) is 4.25. The molecule has 4 aromatic rings. The van der Waals surface area contributed by atoms with Crippen LogP contribution in [0.3, 0.4) is 0 Å². The van der Waals surface area contributed by atoms with Crippen LogP contribution in [0, 0.1) is 5.39 Å². The highest BCUT2D eigenvalue weighted by atomic mass is 16.5. The Morgan fingerprint density at radius 1 is 0.857 bits per heavy atom. The first-order valence-corrected chi connectivity index (χ1v) is 8.93. The van der Waals surface area contributed by atoms with Crippen molar-refractivity contribution in [2.75, 3.05) is 26.1 Å². The fraction of sp³-hybridized carbons (Fsp3) is 0.130. The SMILES string of the molecule is COc1cc(-c2cccc3c(N(C)C)cccc23)c2ccc(O)c([N+]#N)c2c1. The van der Waals surface area contributed by atoms with Gasteiger partial charge in [-0.1, -0.05) is 30.3 Å². The van der Waals surface area contributed by atoms with Crippen LogP contribution in [0.5, 0.6) is 11.5 Å². The highest BCUT2D eigenvalue weighted by molar-refractivity contribution is 6.11. The standard InChI is InChI=1S/C23H19N3O2/c1-26(2)21-9-5-7-15-16(6-4-8-18(15)21)19-12-14(28-3)13-20-17(19)10-11-22(27)23(20)25-24/h4-13H,1-3H3/p+1. The predicted octanol–water partition coefficient (Wildman–Crippen LogP) is 5.92. The number of nitrogens with zero attached hydrogens (tertiary/aromatic N) is 3. The van der Waals surface area contributed by atoms with Gasteiger partial charge in [-0.15, -0.1) is 0 Å². The normalized spacial score (nSPS) is 10.8. The number of anilines is 1. The third kappa shape index (κ3) is 2.67. The third-order valence-corrected chi connectivity index (χ3v) is 5.07. The summed E-state index contributed by atoms with van der Waals surface area (Å²) >= 11 is 0. The van der Waals surface area contributed by atoms with E-state index >= 15 is 0 Å². The molecule has 138 valence electrons. The minimum Gasteiger partial charge on any atom is -0.501 e. The molecule has 0 amide bonds. The molecule has 5 nitrogen and oxygen atoms in total. The Bertz CT molecular complexity index is 1260. The number of aromatic hydroxyl groups is 1. The third-order valence-electron chi connectivity index (χ3n) is 5.07. The molecule has 0 aliphatic rings. The van der Waals surface area contributed by atoms with Gasteiger partial charge >= 0.3 is 5.69 Å². The van der Waals surface area contributed by atoms with Crippen LogP contribution in [0.2, 0.25) is 0 Å². The van der Waals surface area contributed by atoms with E-state index in [1.54, 1.807) is 19.2 Å². The predicted molar refractivity (Wildman–Crippen MR) is 114 cm³/mol. The zero-order chi connectivity index (χ0) is 19.8. The smallest absolute Gasteiger partial charge is 0.433 e. The summed E-state index contributed by atoms with van der Waals surface area (Å²) in [7, 11) is 5.65.